The van der Waals surface area contributed by atoms with Gasteiger partial charge in [0.2, 0.25) is 5.91 Å². The van der Waals surface area contributed by atoms with Crippen LogP contribution in [0.4, 0.5) is 0 Å². The summed E-state index contributed by atoms with van der Waals surface area (Å²) >= 11 is 0. The maximum Gasteiger partial charge on any atom is 0.225 e. The van der Waals surface area contributed by atoms with Crippen LogP contribution >= 0.6 is 0 Å². The summed E-state index contributed by atoms with van der Waals surface area (Å²) in [5.74, 6) is 0.0396. The molecule has 1 amide bonds. The van der Waals surface area contributed by atoms with Crippen LogP contribution in [0.15, 0.2) is 0 Å². The van der Waals surface area contributed by atoms with Crippen molar-refractivity contribution in [3.8, 4) is 0 Å². The molecule has 1 aliphatic rings. The number of carbonyl (C=O) groups is 2. The Labute approximate surface area is 96.6 Å². The van der Waals surface area contributed by atoms with Crippen LogP contribution in [0.1, 0.15) is 40.5 Å². The lowest BCUT2D eigenvalue weighted by atomic mass is 9.98. The molecule has 0 aromatic heterocycles. The van der Waals surface area contributed by atoms with Gasteiger partial charge in [0, 0.05) is 24.3 Å². The van der Waals surface area contributed by atoms with Crippen molar-refractivity contribution < 1.29 is 14.7 Å². The van der Waals surface area contributed by atoms with E-state index < -0.39 is 6.23 Å². The van der Waals surface area contributed by atoms with E-state index in [2.05, 4.69) is 0 Å². The molecule has 0 aliphatic carbocycles. The number of aliphatic hydroxyl groups excluding tert-OH is 1. The Morgan fingerprint density at radius 3 is 2.50 bits per heavy atom. The molecular weight excluding hydrogens is 206 g/mol. The van der Waals surface area contributed by atoms with Crippen molar-refractivity contribution in [2.75, 3.05) is 0 Å². The van der Waals surface area contributed by atoms with E-state index in [4.69, 9.17) is 0 Å². The van der Waals surface area contributed by atoms with Gasteiger partial charge in [0.1, 0.15) is 12.0 Å². The summed E-state index contributed by atoms with van der Waals surface area (Å²) < 4.78 is 0. The molecule has 4 nitrogen and oxygen atoms in total. The second-order valence-corrected chi connectivity index (χ2v) is 4.99. The number of likely N-dealkylation sites (tertiary alicyclic amines) is 1. The lowest BCUT2D eigenvalue weighted by Crippen LogP contribution is -2.42. The summed E-state index contributed by atoms with van der Waals surface area (Å²) in [6.07, 6.45) is 0.326. The van der Waals surface area contributed by atoms with E-state index in [1.807, 2.05) is 20.8 Å². The van der Waals surface area contributed by atoms with Crippen LogP contribution in [0.3, 0.4) is 0 Å². The normalized spacial score (nSPS) is 29.3. The number of hydrogen-bond acceptors (Lipinski definition) is 3. The van der Waals surface area contributed by atoms with Crippen LogP contribution < -0.4 is 0 Å². The van der Waals surface area contributed by atoms with E-state index in [1.54, 1.807) is 6.92 Å². The van der Waals surface area contributed by atoms with Gasteiger partial charge >= 0.3 is 0 Å². The van der Waals surface area contributed by atoms with Crippen LogP contribution in [0.5, 0.6) is 0 Å². The molecule has 4 unspecified atom stereocenters. The quantitative estimate of drug-likeness (QED) is 0.784. The van der Waals surface area contributed by atoms with Crippen LogP contribution in [0, 0.1) is 11.8 Å². The fourth-order valence-electron chi connectivity index (χ4n) is 2.21. The third-order valence-corrected chi connectivity index (χ3v) is 3.44. The van der Waals surface area contributed by atoms with Crippen molar-refractivity contribution in [3.05, 3.63) is 0 Å². The third-order valence-electron chi connectivity index (χ3n) is 3.44. The van der Waals surface area contributed by atoms with Crippen molar-refractivity contribution in [2.24, 2.45) is 11.8 Å². The van der Waals surface area contributed by atoms with Gasteiger partial charge < -0.3 is 10.0 Å². The molecule has 92 valence electrons. The number of nitrogens with zero attached hydrogens (tertiary/aromatic N) is 1. The van der Waals surface area contributed by atoms with Crippen molar-refractivity contribution in [2.45, 2.75) is 52.8 Å². The van der Waals surface area contributed by atoms with E-state index in [0.717, 1.165) is 0 Å². The van der Waals surface area contributed by atoms with Gasteiger partial charge in [-0.15, -0.1) is 0 Å². The van der Waals surface area contributed by atoms with Crippen molar-refractivity contribution in [1.29, 1.82) is 0 Å². The molecule has 0 bridgehead atoms. The Balaban J connectivity index is 2.63. The maximum absolute atomic E-state index is 11.7. The summed E-state index contributed by atoms with van der Waals surface area (Å²) in [5.41, 5.74) is 0. The molecular formula is C12H21NO3. The van der Waals surface area contributed by atoms with Crippen molar-refractivity contribution >= 4 is 11.7 Å². The molecule has 1 N–H and O–H groups in total. The van der Waals surface area contributed by atoms with Gasteiger partial charge in [-0.2, -0.15) is 0 Å². The zero-order valence-corrected chi connectivity index (χ0v) is 10.4. The minimum Gasteiger partial charge on any atom is -0.373 e. The number of ketones is 1. The minimum absolute atomic E-state index is 0.0109. The average molecular weight is 227 g/mol. The predicted octanol–water partition coefficient (Wildman–Crippen LogP) is 1.18. The van der Waals surface area contributed by atoms with Crippen LogP contribution in [-0.4, -0.2) is 34.0 Å². The smallest absolute Gasteiger partial charge is 0.225 e. The van der Waals surface area contributed by atoms with Gasteiger partial charge in [-0.25, -0.2) is 0 Å². The predicted molar refractivity (Wildman–Crippen MR) is 60.6 cm³/mol. The van der Waals surface area contributed by atoms with E-state index in [9.17, 15) is 14.7 Å². The Hall–Kier alpha value is -0.900. The number of amides is 1. The topological polar surface area (TPSA) is 57.6 Å². The maximum atomic E-state index is 11.7. The van der Waals surface area contributed by atoms with Gasteiger partial charge in [0.25, 0.3) is 0 Å². The molecule has 0 radical (unpaired) electrons. The molecule has 1 heterocycles. The third kappa shape index (κ3) is 2.61. The summed E-state index contributed by atoms with van der Waals surface area (Å²) in [6.45, 7) is 7.17. The SMILES string of the molecule is CC(=O)C(C)CC(C)N1C(=O)CC(C)C1O. The van der Waals surface area contributed by atoms with Crippen LogP contribution in [0.25, 0.3) is 0 Å². The average Bonchev–Trinajstić information content (AvgIpc) is 2.40. The van der Waals surface area contributed by atoms with E-state index in [-0.39, 0.29) is 29.6 Å². The summed E-state index contributed by atoms with van der Waals surface area (Å²) in [6, 6.07) is -0.0775. The molecule has 4 heteroatoms. The number of carbonyl (C=O) groups excluding carboxylic acids is 2. The molecule has 0 spiro atoms. The Kier molecular flexibility index (Phi) is 4.08. The first kappa shape index (κ1) is 13.2. The second kappa shape index (κ2) is 4.95. The van der Waals surface area contributed by atoms with Crippen molar-refractivity contribution in [3.63, 3.8) is 0 Å². The summed E-state index contributed by atoms with van der Waals surface area (Å²) in [5, 5.41) is 9.87. The van der Waals surface area contributed by atoms with Gasteiger partial charge in [-0.3, -0.25) is 9.59 Å². The number of Topliss-reactive ketones (excluding diaryl/α,β-unsaturated/α-hetero) is 1. The highest BCUT2D eigenvalue weighted by Crippen LogP contribution is 2.27. The van der Waals surface area contributed by atoms with Gasteiger partial charge in [0.05, 0.1) is 0 Å². The Morgan fingerprint density at radius 2 is 2.12 bits per heavy atom. The fraction of sp³-hybridized carbons (Fsp3) is 0.833. The highest BCUT2D eigenvalue weighted by Gasteiger charge is 2.38. The number of hydrogen-bond donors (Lipinski definition) is 1. The van der Waals surface area contributed by atoms with E-state index in [0.29, 0.717) is 12.8 Å². The molecule has 0 aromatic carbocycles. The van der Waals surface area contributed by atoms with Crippen molar-refractivity contribution in [1.82, 2.24) is 4.90 Å². The van der Waals surface area contributed by atoms with Gasteiger partial charge in [-0.1, -0.05) is 13.8 Å². The zero-order valence-electron chi connectivity index (χ0n) is 10.4. The Morgan fingerprint density at radius 1 is 1.56 bits per heavy atom. The molecule has 1 fully saturated rings. The summed E-state index contributed by atoms with van der Waals surface area (Å²) in [7, 11) is 0. The first-order valence-electron chi connectivity index (χ1n) is 5.84. The Bertz CT molecular complexity index is 290. The fourth-order valence-corrected chi connectivity index (χ4v) is 2.21. The highest BCUT2D eigenvalue weighted by molar-refractivity contribution is 5.80. The second-order valence-electron chi connectivity index (χ2n) is 4.99. The molecule has 0 aromatic rings. The summed E-state index contributed by atoms with van der Waals surface area (Å²) in [4.78, 5) is 24.3. The highest BCUT2D eigenvalue weighted by atomic mass is 16.3. The molecule has 1 aliphatic heterocycles. The lowest BCUT2D eigenvalue weighted by Gasteiger charge is -2.30. The van der Waals surface area contributed by atoms with Gasteiger partial charge in [-0.05, 0) is 20.3 Å². The molecule has 0 saturated carbocycles. The molecule has 1 rings (SSSR count). The van der Waals surface area contributed by atoms with E-state index in [1.165, 1.54) is 4.90 Å². The first-order chi connectivity index (χ1) is 7.34. The van der Waals surface area contributed by atoms with Crippen LogP contribution in [-0.2, 0) is 9.59 Å². The lowest BCUT2D eigenvalue weighted by molar-refractivity contribution is -0.138. The monoisotopic (exact) mass is 227 g/mol. The molecule has 16 heavy (non-hydrogen) atoms. The number of aliphatic hydroxyl groups is 1. The minimum atomic E-state index is -0.693. The standard InChI is InChI=1S/C12H21NO3/c1-7(10(4)14)5-9(3)13-11(15)6-8(2)12(13)16/h7-9,12,16H,5-6H2,1-4H3. The zero-order chi connectivity index (χ0) is 12.5. The van der Waals surface area contributed by atoms with Crippen LogP contribution in [0.2, 0.25) is 0 Å². The number of rotatable bonds is 4. The first-order valence-corrected chi connectivity index (χ1v) is 5.84. The molecule has 1 saturated heterocycles. The van der Waals surface area contributed by atoms with Gasteiger partial charge in [0.15, 0.2) is 0 Å². The van der Waals surface area contributed by atoms with E-state index >= 15 is 0 Å². The largest absolute Gasteiger partial charge is 0.373 e. The molecule has 4 atom stereocenters.